The van der Waals surface area contributed by atoms with Crippen LogP contribution in [-0.2, 0) is 9.84 Å². The number of hydrogen-bond acceptors (Lipinski definition) is 4. The molecule has 0 bridgehead atoms. The van der Waals surface area contributed by atoms with E-state index in [2.05, 4.69) is 4.90 Å². The second-order valence-corrected chi connectivity index (χ2v) is 13.1. The van der Waals surface area contributed by atoms with Crippen LogP contribution < -0.4 is 5.73 Å². The molecule has 2 fully saturated rings. The van der Waals surface area contributed by atoms with Crippen LogP contribution in [0.25, 0.3) is 0 Å². The molecule has 3 aromatic rings. The Morgan fingerprint density at radius 3 is 1.67 bits per heavy atom. The SMILES string of the molecule is CS(=O)(=O)C(c1cc(F)cc(F)c1)C1(C2(N)CC2)CN(C(c2ccc(Cl)cc2)c2ccc(Cl)cc2)C1. The second kappa shape index (κ2) is 9.07. The van der Waals surface area contributed by atoms with E-state index in [1.807, 2.05) is 48.5 Å². The Balaban J connectivity index is 1.59. The van der Waals surface area contributed by atoms with Crippen molar-refractivity contribution in [2.75, 3.05) is 19.3 Å². The first-order chi connectivity index (χ1) is 16.9. The molecule has 0 aromatic heterocycles. The number of likely N-dealkylation sites (tertiary alicyclic amines) is 1. The van der Waals surface area contributed by atoms with Gasteiger partial charge in [-0.15, -0.1) is 0 Å². The monoisotopic (exact) mass is 550 g/mol. The van der Waals surface area contributed by atoms with Crippen molar-refractivity contribution in [1.29, 1.82) is 0 Å². The molecule has 9 heteroatoms. The third-order valence-corrected chi connectivity index (χ3v) is 9.69. The highest BCUT2D eigenvalue weighted by atomic mass is 35.5. The van der Waals surface area contributed by atoms with E-state index in [0.29, 0.717) is 36.0 Å². The molecule has 1 aliphatic heterocycles. The van der Waals surface area contributed by atoms with E-state index >= 15 is 0 Å². The van der Waals surface area contributed by atoms with Crippen molar-refractivity contribution in [3.05, 3.63) is 105 Å². The maximum Gasteiger partial charge on any atom is 0.155 e. The van der Waals surface area contributed by atoms with Gasteiger partial charge in [0, 0.05) is 46.4 Å². The summed E-state index contributed by atoms with van der Waals surface area (Å²) in [5, 5.41) is 0.0708. The topological polar surface area (TPSA) is 63.4 Å². The van der Waals surface area contributed by atoms with Crippen molar-refractivity contribution in [3.8, 4) is 0 Å². The highest BCUT2D eigenvalue weighted by Crippen LogP contribution is 2.62. The van der Waals surface area contributed by atoms with Crippen molar-refractivity contribution >= 4 is 33.0 Å². The third kappa shape index (κ3) is 4.56. The molecular weight excluding hydrogens is 525 g/mol. The van der Waals surface area contributed by atoms with E-state index in [1.54, 1.807) is 0 Å². The maximum absolute atomic E-state index is 14.2. The molecule has 36 heavy (non-hydrogen) atoms. The predicted molar refractivity (Wildman–Crippen MR) is 139 cm³/mol. The van der Waals surface area contributed by atoms with Gasteiger partial charge < -0.3 is 5.73 Å². The minimum Gasteiger partial charge on any atom is -0.324 e. The Hall–Kier alpha value is -2.03. The molecule has 5 rings (SSSR count). The molecule has 190 valence electrons. The first-order valence-electron chi connectivity index (χ1n) is 11.6. The van der Waals surface area contributed by atoms with E-state index in [-0.39, 0.29) is 11.6 Å². The fourth-order valence-corrected chi connectivity index (χ4v) is 7.93. The Morgan fingerprint density at radius 1 is 0.833 bits per heavy atom. The van der Waals surface area contributed by atoms with Crippen molar-refractivity contribution in [3.63, 3.8) is 0 Å². The van der Waals surface area contributed by atoms with Crippen LogP contribution in [0.1, 0.15) is 40.8 Å². The molecular formula is C27H26Cl2F2N2O2S. The van der Waals surface area contributed by atoms with E-state index in [9.17, 15) is 17.2 Å². The number of nitrogens with zero attached hydrogens (tertiary/aromatic N) is 1. The zero-order valence-electron chi connectivity index (χ0n) is 19.6. The van der Waals surface area contributed by atoms with E-state index < -0.39 is 37.7 Å². The zero-order chi connectivity index (χ0) is 25.9. The average Bonchev–Trinajstić information content (AvgIpc) is 3.51. The number of rotatable bonds is 7. The summed E-state index contributed by atoms with van der Waals surface area (Å²) in [4.78, 5) is 2.16. The normalized spacial score (nSPS) is 19.6. The Bertz CT molecular complexity index is 1320. The van der Waals surface area contributed by atoms with Crippen LogP contribution in [0.5, 0.6) is 0 Å². The quantitative estimate of drug-likeness (QED) is 0.395. The fourth-order valence-electron chi connectivity index (χ4n) is 5.84. The smallest absolute Gasteiger partial charge is 0.155 e. The van der Waals surface area contributed by atoms with Gasteiger partial charge in [0.1, 0.15) is 11.6 Å². The summed E-state index contributed by atoms with van der Waals surface area (Å²) in [6.07, 6.45) is 2.42. The summed E-state index contributed by atoms with van der Waals surface area (Å²) in [6, 6.07) is 17.8. The lowest BCUT2D eigenvalue weighted by Gasteiger charge is -2.59. The van der Waals surface area contributed by atoms with Crippen molar-refractivity contribution < 1.29 is 17.2 Å². The van der Waals surface area contributed by atoms with Crippen LogP contribution >= 0.6 is 23.2 Å². The van der Waals surface area contributed by atoms with Gasteiger partial charge in [0.25, 0.3) is 0 Å². The molecule has 0 spiro atoms. The second-order valence-electron chi connectivity index (χ2n) is 10.1. The maximum atomic E-state index is 14.2. The molecule has 0 radical (unpaired) electrons. The van der Waals surface area contributed by atoms with Crippen LogP contribution in [0.3, 0.4) is 0 Å². The molecule has 3 aromatic carbocycles. The lowest BCUT2D eigenvalue weighted by molar-refractivity contribution is -0.0515. The van der Waals surface area contributed by atoms with Crippen LogP contribution in [-0.4, -0.2) is 38.2 Å². The summed E-state index contributed by atoms with van der Waals surface area (Å²) in [6.45, 7) is 0.685. The lowest BCUT2D eigenvalue weighted by Crippen LogP contribution is -2.69. The summed E-state index contributed by atoms with van der Waals surface area (Å²) >= 11 is 12.3. The number of sulfone groups is 1. The summed E-state index contributed by atoms with van der Waals surface area (Å²) in [5.74, 6) is -1.63. The third-order valence-electron chi connectivity index (χ3n) is 7.61. The van der Waals surface area contributed by atoms with Gasteiger partial charge in [0.15, 0.2) is 9.84 Å². The molecule has 0 amide bonds. The van der Waals surface area contributed by atoms with Gasteiger partial charge in [-0.1, -0.05) is 47.5 Å². The van der Waals surface area contributed by atoms with E-state index in [4.69, 9.17) is 28.9 Å². The van der Waals surface area contributed by atoms with Gasteiger partial charge in [-0.3, -0.25) is 4.90 Å². The van der Waals surface area contributed by atoms with E-state index in [1.165, 1.54) is 0 Å². The minimum atomic E-state index is -3.78. The van der Waals surface area contributed by atoms with Gasteiger partial charge in [-0.05, 0) is 65.9 Å². The first kappa shape index (κ1) is 25.6. The Labute approximate surface area is 219 Å². The molecule has 1 saturated heterocycles. The highest BCUT2D eigenvalue weighted by molar-refractivity contribution is 7.91. The molecule has 1 atom stereocenters. The van der Waals surface area contributed by atoms with Crippen LogP contribution in [0, 0.1) is 17.0 Å². The van der Waals surface area contributed by atoms with Crippen molar-refractivity contribution in [2.24, 2.45) is 11.1 Å². The zero-order valence-corrected chi connectivity index (χ0v) is 21.9. The van der Waals surface area contributed by atoms with E-state index in [0.717, 1.165) is 35.6 Å². The van der Waals surface area contributed by atoms with Gasteiger partial charge in [-0.2, -0.15) is 0 Å². The van der Waals surface area contributed by atoms with Gasteiger partial charge in [0.05, 0.1) is 11.3 Å². The molecule has 1 unspecified atom stereocenters. The van der Waals surface area contributed by atoms with Crippen molar-refractivity contribution in [1.82, 2.24) is 4.90 Å². The first-order valence-corrected chi connectivity index (χ1v) is 14.3. The highest BCUT2D eigenvalue weighted by Gasteiger charge is 2.68. The number of nitrogens with two attached hydrogens (primary N) is 1. The van der Waals surface area contributed by atoms with Gasteiger partial charge in [-0.25, -0.2) is 17.2 Å². The molecule has 2 aliphatic rings. The molecule has 2 N–H and O–H groups in total. The molecule has 1 aliphatic carbocycles. The standard InChI is InChI=1S/C27H26Cl2F2N2O2S/c1-36(34,35)25(19-12-22(30)14-23(31)13-19)26(27(32)10-11-27)15-33(16-26)24(17-2-6-20(28)7-3-17)18-4-8-21(29)9-5-18/h2-9,12-14,24-25H,10-11,15-16,32H2,1H3. The van der Waals surface area contributed by atoms with Gasteiger partial charge in [0.2, 0.25) is 0 Å². The molecule has 1 heterocycles. The van der Waals surface area contributed by atoms with Crippen LogP contribution in [0.15, 0.2) is 66.7 Å². The summed E-state index contributed by atoms with van der Waals surface area (Å²) in [5.41, 5.74) is 7.17. The van der Waals surface area contributed by atoms with Gasteiger partial charge >= 0.3 is 0 Å². The molecule has 4 nitrogen and oxygen atoms in total. The largest absolute Gasteiger partial charge is 0.324 e. The van der Waals surface area contributed by atoms with Crippen LogP contribution in [0.4, 0.5) is 8.78 Å². The number of hydrogen-bond donors (Lipinski definition) is 1. The average molecular weight is 551 g/mol. The van der Waals surface area contributed by atoms with Crippen LogP contribution in [0.2, 0.25) is 10.0 Å². The predicted octanol–water partition coefficient (Wildman–Crippen LogP) is 5.94. The number of halogens is 4. The summed E-state index contributed by atoms with van der Waals surface area (Å²) < 4.78 is 54.9. The fraction of sp³-hybridized carbons (Fsp3) is 0.333. The summed E-state index contributed by atoms with van der Waals surface area (Å²) in [7, 11) is -3.78. The minimum absolute atomic E-state index is 0.0981. The number of benzene rings is 3. The Kier molecular flexibility index (Phi) is 6.45. The Morgan fingerprint density at radius 2 is 1.28 bits per heavy atom. The lowest BCUT2D eigenvalue weighted by atomic mass is 9.66. The molecule has 1 saturated carbocycles. The van der Waals surface area contributed by atoms with Crippen molar-refractivity contribution in [2.45, 2.75) is 29.7 Å².